The minimum atomic E-state index is -0.606. The molecule has 1 aromatic heterocycles. The van der Waals surface area contributed by atoms with Gasteiger partial charge in [-0.1, -0.05) is 12.1 Å². The highest BCUT2D eigenvalue weighted by Gasteiger charge is 2.19. The van der Waals surface area contributed by atoms with E-state index in [4.69, 9.17) is 9.47 Å². The fourth-order valence-corrected chi connectivity index (χ4v) is 3.90. The molecule has 1 unspecified atom stereocenters. The number of nitrogens with zero attached hydrogens (tertiary/aromatic N) is 3. The SMILES string of the molecule is CC1CCCN1CCCOc1ccc(-n2cc(OC(=O)NCc3ccc(F)cc3)cn2)cc1. The average Bonchev–Trinajstić information content (AvgIpc) is 3.45. The lowest BCUT2D eigenvalue weighted by Gasteiger charge is -2.20. The fraction of sp³-hybridized carbons (Fsp3) is 0.360. The molecule has 2 aromatic carbocycles. The predicted molar refractivity (Wildman–Crippen MR) is 123 cm³/mol. The molecule has 0 saturated carbocycles. The number of hydrogen-bond donors (Lipinski definition) is 1. The molecule has 1 N–H and O–H groups in total. The Morgan fingerprint density at radius 1 is 1.15 bits per heavy atom. The van der Waals surface area contributed by atoms with E-state index in [2.05, 4.69) is 22.2 Å². The lowest BCUT2D eigenvalue weighted by Crippen LogP contribution is -2.28. The van der Waals surface area contributed by atoms with Gasteiger partial charge in [-0.3, -0.25) is 0 Å². The predicted octanol–water partition coefficient (Wildman–Crippen LogP) is 4.55. The Kier molecular flexibility index (Phi) is 7.57. The van der Waals surface area contributed by atoms with Crippen LogP contribution >= 0.6 is 0 Å². The normalized spacial score (nSPS) is 16.0. The van der Waals surface area contributed by atoms with Crippen molar-refractivity contribution < 1.29 is 18.7 Å². The average molecular weight is 453 g/mol. The topological polar surface area (TPSA) is 68.6 Å². The molecular formula is C25H29FN4O3. The Morgan fingerprint density at radius 3 is 2.67 bits per heavy atom. The zero-order valence-electron chi connectivity index (χ0n) is 18.7. The summed E-state index contributed by atoms with van der Waals surface area (Å²) in [5.74, 6) is 0.820. The van der Waals surface area contributed by atoms with Crippen molar-refractivity contribution in [1.29, 1.82) is 0 Å². The monoisotopic (exact) mass is 452 g/mol. The fourth-order valence-electron chi connectivity index (χ4n) is 3.90. The number of amides is 1. The van der Waals surface area contributed by atoms with Crippen LogP contribution in [0.3, 0.4) is 0 Å². The van der Waals surface area contributed by atoms with Crippen LogP contribution in [-0.2, 0) is 6.54 Å². The molecule has 1 saturated heterocycles. The van der Waals surface area contributed by atoms with Crippen LogP contribution in [0.2, 0.25) is 0 Å². The van der Waals surface area contributed by atoms with E-state index in [9.17, 15) is 9.18 Å². The van der Waals surface area contributed by atoms with Crippen LogP contribution in [0.25, 0.3) is 5.69 Å². The van der Waals surface area contributed by atoms with Gasteiger partial charge in [-0.15, -0.1) is 0 Å². The summed E-state index contributed by atoms with van der Waals surface area (Å²) in [5.41, 5.74) is 1.60. The Bertz CT molecular complexity index is 1040. The lowest BCUT2D eigenvalue weighted by atomic mass is 10.2. The highest BCUT2D eigenvalue weighted by Crippen LogP contribution is 2.19. The molecule has 1 fully saturated rings. The zero-order chi connectivity index (χ0) is 23.0. The maximum Gasteiger partial charge on any atom is 0.412 e. The summed E-state index contributed by atoms with van der Waals surface area (Å²) in [7, 11) is 0. The number of carbonyl (C=O) groups excluding carboxylic acids is 1. The number of carbonyl (C=O) groups is 1. The van der Waals surface area contributed by atoms with E-state index in [1.807, 2.05) is 24.3 Å². The van der Waals surface area contributed by atoms with Crippen LogP contribution < -0.4 is 14.8 Å². The molecule has 1 aliphatic rings. The molecule has 4 rings (SSSR count). The number of ether oxygens (including phenoxy) is 2. The van der Waals surface area contributed by atoms with Crippen LogP contribution in [-0.4, -0.2) is 46.5 Å². The standard InChI is InChI=1S/C25H29FN4O3/c1-19-4-2-13-29(19)14-3-15-32-23-11-9-22(10-12-23)30-18-24(17-28-30)33-25(31)27-16-20-5-7-21(26)8-6-20/h5-12,17-19H,2-4,13-16H2,1H3,(H,27,31). The molecule has 174 valence electrons. The van der Waals surface area contributed by atoms with Gasteiger partial charge in [0.2, 0.25) is 0 Å². The van der Waals surface area contributed by atoms with Gasteiger partial charge in [0.1, 0.15) is 11.6 Å². The van der Waals surface area contributed by atoms with Crippen LogP contribution in [0, 0.1) is 5.82 Å². The van der Waals surface area contributed by atoms with Crippen molar-refractivity contribution >= 4 is 6.09 Å². The Balaban J connectivity index is 1.21. The first-order valence-electron chi connectivity index (χ1n) is 11.3. The van der Waals surface area contributed by atoms with Gasteiger partial charge < -0.3 is 19.7 Å². The van der Waals surface area contributed by atoms with E-state index in [-0.39, 0.29) is 12.4 Å². The van der Waals surface area contributed by atoms with Crippen LogP contribution in [0.4, 0.5) is 9.18 Å². The molecule has 7 nitrogen and oxygen atoms in total. The van der Waals surface area contributed by atoms with Crippen LogP contribution in [0.5, 0.6) is 11.5 Å². The molecule has 0 bridgehead atoms. The summed E-state index contributed by atoms with van der Waals surface area (Å²) < 4.78 is 25.7. The van der Waals surface area contributed by atoms with Crippen molar-refractivity contribution in [3.8, 4) is 17.2 Å². The summed E-state index contributed by atoms with van der Waals surface area (Å²) in [4.78, 5) is 14.5. The van der Waals surface area contributed by atoms with Gasteiger partial charge in [0, 0.05) is 19.1 Å². The smallest absolute Gasteiger partial charge is 0.412 e. The van der Waals surface area contributed by atoms with Crippen molar-refractivity contribution in [2.24, 2.45) is 0 Å². The molecule has 1 aliphatic heterocycles. The summed E-state index contributed by atoms with van der Waals surface area (Å²) >= 11 is 0. The van der Waals surface area contributed by atoms with Gasteiger partial charge >= 0.3 is 6.09 Å². The molecule has 33 heavy (non-hydrogen) atoms. The van der Waals surface area contributed by atoms with E-state index in [1.54, 1.807) is 23.0 Å². The maximum absolute atomic E-state index is 12.9. The summed E-state index contributed by atoms with van der Waals surface area (Å²) in [6.45, 7) is 5.49. The van der Waals surface area contributed by atoms with Gasteiger partial charge in [-0.05, 0) is 74.7 Å². The van der Waals surface area contributed by atoms with Crippen molar-refractivity contribution in [3.63, 3.8) is 0 Å². The second kappa shape index (κ2) is 11.0. The maximum atomic E-state index is 12.9. The van der Waals surface area contributed by atoms with Crippen molar-refractivity contribution in [1.82, 2.24) is 20.0 Å². The molecule has 0 aliphatic carbocycles. The summed E-state index contributed by atoms with van der Waals surface area (Å²) in [6.07, 6.45) is 6.10. The van der Waals surface area contributed by atoms with Gasteiger partial charge in [-0.2, -0.15) is 5.10 Å². The van der Waals surface area contributed by atoms with Crippen LogP contribution in [0.15, 0.2) is 60.9 Å². The molecule has 0 spiro atoms. The zero-order valence-corrected chi connectivity index (χ0v) is 18.7. The summed E-state index contributed by atoms with van der Waals surface area (Å²) in [5, 5.41) is 6.88. The molecule has 8 heteroatoms. The number of nitrogens with one attached hydrogen (secondary N) is 1. The van der Waals surface area contributed by atoms with E-state index in [1.165, 1.54) is 37.7 Å². The highest BCUT2D eigenvalue weighted by molar-refractivity contribution is 5.70. The first kappa shape index (κ1) is 22.8. The second-order valence-corrected chi connectivity index (χ2v) is 8.21. The third-order valence-corrected chi connectivity index (χ3v) is 5.77. The Hall–Kier alpha value is -3.39. The Labute approximate surface area is 193 Å². The Morgan fingerprint density at radius 2 is 1.94 bits per heavy atom. The minimum absolute atomic E-state index is 0.242. The van der Waals surface area contributed by atoms with E-state index in [0.717, 1.165) is 30.0 Å². The molecule has 1 atom stereocenters. The van der Waals surface area contributed by atoms with E-state index in [0.29, 0.717) is 18.4 Å². The first-order valence-corrected chi connectivity index (χ1v) is 11.3. The third-order valence-electron chi connectivity index (χ3n) is 5.77. The number of hydrogen-bond acceptors (Lipinski definition) is 5. The lowest BCUT2D eigenvalue weighted by molar-refractivity contribution is 0.200. The second-order valence-electron chi connectivity index (χ2n) is 8.21. The highest BCUT2D eigenvalue weighted by atomic mass is 19.1. The van der Waals surface area contributed by atoms with Crippen molar-refractivity contribution in [2.75, 3.05) is 19.7 Å². The largest absolute Gasteiger partial charge is 0.494 e. The van der Waals surface area contributed by atoms with Gasteiger partial charge in [-0.25, -0.2) is 13.9 Å². The molecule has 2 heterocycles. The third kappa shape index (κ3) is 6.55. The molecule has 3 aromatic rings. The first-order chi connectivity index (χ1) is 16.1. The van der Waals surface area contributed by atoms with E-state index < -0.39 is 6.09 Å². The van der Waals surface area contributed by atoms with Gasteiger partial charge in [0.25, 0.3) is 0 Å². The molecule has 1 amide bonds. The van der Waals surface area contributed by atoms with Gasteiger partial charge in [0.15, 0.2) is 5.75 Å². The molecular weight excluding hydrogens is 423 g/mol. The number of aromatic nitrogens is 2. The number of rotatable bonds is 9. The quantitative estimate of drug-likeness (QED) is 0.483. The number of benzene rings is 2. The minimum Gasteiger partial charge on any atom is -0.494 e. The van der Waals surface area contributed by atoms with Crippen LogP contribution in [0.1, 0.15) is 31.7 Å². The van der Waals surface area contributed by atoms with Gasteiger partial charge in [0.05, 0.1) is 24.7 Å². The van der Waals surface area contributed by atoms with Crippen molar-refractivity contribution in [2.45, 2.75) is 38.8 Å². The summed E-state index contributed by atoms with van der Waals surface area (Å²) in [6, 6.07) is 14.2. The number of likely N-dealkylation sites (tertiary alicyclic amines) is 1. The molecule has 0 radical (unpaired) electrons. The van der Waals surface area contributed by atoms with Crippen molar-refractivity contribution in [3.05, 3.63) is 72.3 Å². The number of halogens is 1. The van der Waals surface area contributed by atoms with E-state index >= 15 is 0 Å².